The van der Waals surface area contributed by atoms with Crippen LogP contribution in [-0.4, -0.2) is 69.1 Å². The average molecular weight is 363 g/mol. The molecule has 134 valence electrons. The quantitative estimate of drug-likeness (QED) is 0.807. The number of carbonyl (C=O) groups is 1. The third kappa shape index (κ3) is 4.11. The Kier molecular flexibility index (Phi) is 5.22. The molecule has 0 aromatic heterocycles. The van der Waals surface area contributed by atoms with Crippen LogP contribution in [0.5, 0.6) is 0 Å². The molecule has 9 heteroatoms. The van der Waals surface area contributed by atoms with Crippen molar-refractivity contribution in [2.45, 2.75) is 6.10 Å². The number of nitrogens with zero attached hydrogens (tertiary/aromatic N) is 4. The van der Waals surface area contributed by atoms with E-state index in [2.05, 4.69) is 15.3 Å². The molecule has 1 N–H and O–H groups in total. The summed E-state index contributed by atoms with van der Waals surface area (Å²) < 4.78 is 10.2. The first-order valence-electron chi connectivity index (χ1n) is 7.98. The molecule has 1 unspecified atom stereocenters. The van der Waals surface area contributed by atoms with Gasteiger partial charge in [-0.15, -0.1) is 0 Å². The molecule has 0 saturated carbocycles. The number of amides is 1. The lowest BCUT2D eigenvalue weighted by atomic mass is 10.2. The first-order chi connectivity index (χ1) is 12.1. The number of thiocarbonyl (C=S) groups is 1. The Balaban J connectivity index is 1.61. The molecule has 2 aliphatic heterocycles. The van der Waals surface area contributed by atoms with Crippen molar-refractivity contribution in [3.05, 3.63) is 24.3 Å². The predicted octanol–water partition coefficient (Wildman–Crippen LogP) is 1.23. The molecule has 1 aromatic carbocycles. The summed E-state index contributed by atoms with van der Waals surface area (Å²) >= 11 is 4.92. The van der Waals surface area contributed by atoms with Crippen molar-refractivity contribution < 1.29 is 14.3 Å². The number of carbonyl (C=O) groups excluding carboxylic acids is 1. The predicted molar refractivity (Wildman–Crippen MR) is 100 cm³/mol. The number of likely N-dealkylation sites (N-methyl/N-ethyl adjacent to an activating group) is 1. The van der Waals surface area contributed by atoms with Gasteiger partial charge >= 0.3 is 6.09 Å². The second-order valence-electron chi connectivity index (χ2n) is 5.81. The highest BCUT2D eigenvalue weighted by atomic mass is 32.1. The maximum absolute atomic E-state index is 12.1. The van der Waals surface area contributed by atoms with E-state index in [-0.39, 0.29) is 17.4 Å². The largest absolute Gasteiger partial charge is 0.474 e. The number of methoxy groups -OCH3 is 1. The summed E-state index contributed by atoms with van der Waals surface area (Å²) in [6, 6.07) is 7.79. The molecule has 1 amide bonds. The Morgan fingerprint density at radius 3 is 2.72 bits per heavy atom. The number of rotatable bonds is 4. The maximum Gasteiger partial charge on any atom is 0.414 e. The number of hydrazone groups is 1. The average Bonchev–Trinajstić information content (AvgIpc) is 3.01. The number of benzene rings is 1. The first kappa shape index (κ1) is 17.3. The molecular weight excluding hydrogens is 342 g/mol. The second-order valence-corrected chi connectivity index (χ2v) is 6.18. The van der Waals surface area contributed by atoms with Gasteiger partial charge in [-0.25, -0.2) is 4.79 Å². The SMILES string of the molecule is COC(=S)NCC1CN(c2ccc(N3C=NN(C)CC3)cc2)C(=O)O1. The highest BCUT2D eigenvalue weighted by Crippen LogP contribution is 2.25. The van der Waals surface area contributed by atoms with E-state index in [0.29, 0.717) is 13.1 Å². The van der Waals surface area contributed by atoms with Gasteiger partial charge in [-0.2, -0.15) is 5.10 Å². The zero-order valence-corrected chi connectivity index (χ0v) is 15.0. The van der Waals surface area contributed by atoms with Crippen LogP contribution >= 0.6 is 12.2 Å². The van der Waals surface area contributed by atoms with Crippen LogP contribution < -0.4 is 15.1 Å². The molecule has 8 nitrogen and oxygen atoms in total. The summed E-state index contributed by atoms with van der Waals surface area (Å²) in [5.74, 6) is 0. The van der Waals surface area contributed by atoms with Crippen LogP contribution in [0.2, 0.25) is 0 Å². The molecule has 25 heavy (non-hydrogen) atoms. The molecule has 0 bridgehead atoms. The van der Waals surface area contributed by atoms with Crippen LogP contribution in [0.3, 0.4) is 0 Å². The first-order valence-corrected chi connectivity index (χ1v) is 8.39. The lowest BCUT2D eigenvalue weighted by Gasteiger charge is -2.27. The lowest BCUT2D eigenvalue weighted by molar-refractivity contribution is 0.142. The van der Waals surface area contributed by atoms with Crippen molar-refractivity contribution in [2.75, 3.05) is 50.1 Å². The maximum atomic E-state index is 12.1. The summed E-state index contributed by atoms with van der Waals surface area (Å²) in [5.41, 5.74) is 1.84. The Hall–Kier alpha value is -2.55. The van der Waals surface area contributed by atoms with Crippen LogP contribution in [0.25, 0.3) is 0 Å². The fourth-order valence-corrected chi connectivity index (χ4v) is 2.73. The van der Waals surface area contributed by atoms with Crippen LogP contribution in [0.1, 0.15) is 0 Å². The summed E-state index contributed by atoms with van der Waals surface area (Å²) in [6.07, 6.45) is 1.18. The minimum Gasteiger partial charge on any atom is -0.474 e. The molecule has 1 saturated heterocycles. The minimum atomic E-state index is -0.357. The van der Waals surface area contributed by atoms with E-state index in [1.807, 2.05) is 42.7 Å². The molecule has 1 atom stereocenters. The van der Waals surface area contributed by atoms with E-state index in [1.54, 1.807) is 4.90 Å². The fourth-order valence-electron chi connectivity index (χ4n) is 2.65. The molecule has 0 aliphatic carbocycles. The van der Waals surface area contributed by atoms with Gasteiger partial charge < -0.3 is 19.7 Å². The van der Waals surface area contributed by atoms with Crippen molar-refractivity contribution >= 4 is 41.2 Å². The molecule has 1 aromatic rings. The Morgan fingerprint density at radius 2 is 2.08 bits per heavy atom. The van der Waals surface area contributed by atoms with Crippen molar-refractivity contribution in [3.8, 4) is 0 Å². The van der Waals surface area contributed by atoms with Crippen LogP contribution in [0.4, 0.5) is 16.2 Å². The molecule has 2 aliphatic rings. The van der Waals surface area contributed by atoms with Gasteiger partial charge in [0.05, 0.1) is 26.7 Å². The van der Waals surface area contributed by atoms with Crippen molar-refractivity contribution in [1.82, 2.24) is 10.3 Å². The summed E-state index contributed by atoms with van der Waals surface area (Å²) in [5, 5.41) is 9.36. The van der Waals surface area contributed by atoms with Gasteiger partial charge in [0.2, 0.25) is 0 Å². The van der Waals surface area contributed by atoms with Gasteiger partial charge in [-0.05, 0) is 36.5 Å². The van der Waals surface area contributed by atoms with Crippen LogP contribution in [-0.2, 0) is 9.47 Å². The number of nitrogens with one attached hydrogen (secondary N) is 1. The van der Waals surface area contributed by atoms with Gasteiger partial charge in [0, 0.05) is 25.0 Å². The van der Waals surface area contributed by atoms with E-state index in [1.165, 1.54) is 7.11 Å². The van der Waals surface area contributed by atoms with E-state index >= 15 is 0 Å². The monoisotopic (exact) mass is 363 g/mol. The third-order valence-corrected chi connectivity index (χ3v) is 4.39. The highest BCUT2D eigenvalue weighted by Gasteiger charge is 2.32. The number of hydrogen-bond acceptors (Lipinski definition) is 7. The topological polar surface area (TPSA) is 69.6 Å². The summed E-state index contributed by atoms with van der Waals surface area (Å²) in [7, 11) is 3.44. The molecule has 1 fully saturated rings. The molecule has 3 rings (SSSR count). The van der Waals surface area contributed by atoms with Crippen LogP contribution in [0.15, 0.2) is 29.4 Å². The molecule has 0 radical (unpaired) electrons. The Morgan fingerprint density at radius 1 is 1.36 bits per heavy atom. The zero-order chi connectivity index (χ0) is 17.8. The van der Waals surface area contributed by atoms with Gasteiger partial charge in [0.15, 0.2) is 0 Å². The van der Waals surface area contributed by atoms with Gasteiger partial charge in [0.25, 0.3) is 5.17 Å². The van der Waals surface area contributed by atoms with Crippen molar-refractivity contribution in [1.29, 1.82) is 0 Å². The Labute approximate surface area is 152 Å². The second kappa shape index (κ2) is 7.56. The summed E-state index contributed by atoms with van der Waals surface area (Å²) in [6.45, 7) is 2.63. The van der Waals surface area contributed by atoms with E-state index in [4.69, 9.17) is 21.7 Å². The third-order valence-electron chi connectivity index (χ3n) is 4.08. The van der Waals surface area contributed by atoms with E-state index in [0.717, 1.165) is 24.5 Å². The van der Waals surface area contributed by atoms with Gasteiger partial charge in [0.1, 0.15) is 12.4 Å². The van der Waals surface area contributed by atoms with E-state index < -0.39 is 0 Å². The smallest absolute Gasteiger partial charge is 0.414 e. The number of anilines is 2. The standard InChI is InChI=1S/C16H21N5O3S/c1-19-7-8-20(11-18-19)12-3-5-13(6-4-12)21-10-14(24-16(21)22)9-17-15(25)23-2/h3-6,11,14H,7-10H2,1-2H3,(H,17,25). The number of ether oxygens (including phenoxy) is 2. The molecular formula is C16H21N5O3S. The number of cyclic esters (lactones) is 1. The normalized spacial score (nSPS) is 19.8. The number of hydrogen-bond donors (Lipinski definition) is 1. The fraction of sp³-hybridized carbons (Fsp3) is 0.438. The summed E-state index contributed by atoms with van der Waals surface area (Å²) in [4.78, 5) is 15.8. The Bertz CT molecular complexity index is 666. The highest BCUT2D eigenvalue weighted by molar-refractivity contribution is 7.80. The molecule has 2 heterocycles. The van der Waals surface area contributed by atoms with Crippen molar-refractivity contribution in [3.63, 3.8) is 0 Å². The van der Waals surface area contributed by atoms with Gasteiger partial charge in [-0.3, -0.25) is 9.91 Å². The van der Waals surface area contributed by atoms with Crippen LogP contribution in [0, 0.1) is 0 Å². The minimum absolute atomic E-state index is 0.273. The lowest BCUT2D eigenvalue weighted by Crippen LogP contribution is -2.36. The van der Waals surface area contributed by atoms with Gasteiger partial charge in [-0.1, -0.05) is 0 Å². The zero-order valence-electron chi connectivity index (χ0n) is 14.2. The molecule has 0 spiro atoms. The van der Waals surface area contributed by atoms with Crippen molar-refractivity contribution in [2.24, 2.45) is 5.10 Å². The van der Waals surface area contributed by atoms with E-state index in [9.17, 15) is 4.79 Å².